The number of aliphatic imine (C=N–C) groups is 1. The predicted molar refractivity (Wildman–Crippen MR) is 147 cm³/mol. The standard InChI is InChI=1S/C29H28N2O2.C2HF3O2/c1-20-18-23(15-16-26(20)32-2)29(25-14-8-7-13-24(25)27(30)31-29)28(33-3)17-9-12-22(19-28)21-10-5-4-6-11-21;3-2(4,5)1(6)7/h4-18H,19H2,1-3H3,(H2,30,31);(H,6,7)/t28-,29?;/m0./s1. The molecule has 5 rings (SSSR count). The summed E-state index contributed by atoms with van der Waals surface area (Å²) in [6, 6.07) is 24.9. The van der Waals surface area contributed by atoms with E-state index < -0.39 is 23.3 Å². The summed E-state index contributed by atoms with van der Waals surface area (Å²) in [7, 11) is 3.46. The quantitative estimate of drug-likeness (QED) is 0.405. The zero-order chi connectivity index (χ0) is 29.1. The van der Waals surface area contributed by atoms with E-state index in [9.17, 15) is 13.2 Å². The number of carboxylic acid groups (broad SMARTS) is 1. The van der Waals surface area contributed by atoms with Gasteiger partial charge in [0.2, 0.25) is 0 Å². The molecule has 0 spiro atoms. The summed E-state index contributed by atoms with van der Waals surface area (Å²) in [5, 5.41) is 7.12. The van der Waals surface area contributed by atoms with E-state index in [0.29, 0.717) is 12.3 Å². The van der Waals surface area contributed by atoms with E-state index in [-0.39, 0.29) is 0 Å². The summed E-state index contributed by atoms with van der Waals surface area (Å²) in [5.41, 5.74) is 11.4. The number of carbonyl (C=O) groups is 1. The molecule has 0 amide bonds. The maximum absolute atomic E-state index is 10.6. The van der Waals surface area contributed by atoms with Crippen LogP contribution < -0.4 is 10.5 Å². The van der Waals surface area contributed by atoms with Crippen molar-refractivity contribution in [1.29, 1.82) is 0 Å². The summed E-state index contributed by atoms with van der Waals surface area (Å²) >= 11 is 0. The monoisotopic (exact) mass is 550 g/mol. The van der Waals surface area contributed by atoms with E-state index in [0.717, 1.165) is 28.0 Å². The third-order valence-electron chi connectivity index (χ3n) is 7.17. The smallest absolute Gasteiger partial charge is 0.490 e. The second-order valence-electron chi connectivity index (χ2n) is 9.43. The Balaban J connectivity index is 0.000000470. The first-order valence-electron chi connectivity index (χ1n) is 12.4. The van der Waals surface area contributed by atoms with Gasteiger partial charge in [-0.3, -0.25) is 0 Å². The van der Waals surface area contributed by atoms with Gasteiger partial charge in [0, 0.05) is 19.1 Å². The molecule has 3 N–H and O–H groups in total. The fourth-order valence-corrected chi connectivity index (χ4v) is 5.32. The highest BCUT2D eigenvalue weighted by Crippen LogP contribution is 2.54. The lowest BCUT2D eigenvalue weighted by Gasteiger charge is -2.46. The highest BCUT2D eigenvalue weighted by atomic mass is 19.4. The number of rotatable bonds is 5. The van der Waals surface area contributed by atoms with Crippen LogP contribution in [-0.4, -0.2) is 42.9 Å². The number of fused-ring (bicyclic) bond motifs is 1. The molecule has 3 aromatic carbocycles. The lowest BCUT2D eigenvalue weighted by Crippen LogP contribution is -2.51. The molecule has 0 saturated carbocycles. The van der Waals surface area contributed by atoms with Gasteiger partial charge in [0.15, 0.2) is 0 Å². The number of allylic oxidation sites excluding steroid dienone is 2. The minimum absolute atomic E-state index is 0.528. The van der Waals surface area contributed by atoms with Crippen LogP contribution >= 0.6 is 0 Å². The van der Waals surface area contributed by atoms with Crippen molar-refractivity contribution in [3.8, 4) is 5.75 Å². The second-order valence-corrected chi connectivity index (χ2v) is 9.43. The van der Waals surface area contributed by atoms with Crippen molar-refractivity contribution in [2.45, 2.75) is 30.7 Å². The van der Waals surface area contributed by atoms with Crippen LogP contribution in [0, 0.1) is 6.92 Å². The number of nitrogens with zero attached hydrogens (tertiary/aromatic N) is 1. The minimum atomic E-state index is -5.08. The molecule has 1 aliphatic carbocycles. The molecule has 208 valence electrons. The molecular weight excluding hydrogens is 521 g/mol. The third kappa shape index (κ3) is 5.00. The number of carboxylic acids is 1. The van der Waals surface area contributed by atoms with Gasteiger partial charge in [0.1, 0.15) is 22.7 Å². The second kappa shape index (κ2) is 11.0. The third-order valence-corrected chi connectivity index (χ3v) is 7.17. The van der Waals surface area contributed by atoms with Crippen LogP contribution in [0.2, 0.25) is 0 Å². The first kappa shape index (κ1) is 28.6. The minimum Gasteiger partial charge on any atom is -0.496 e. The van der Waals surface area contributed by atoms with Crippen LogP contribution in [0.1, 0.15) is 34.2 Å². The van der Waals surface area contributed by atoms with Crippen LogP contribution in [0.3, 0.4) is 0 Å². The molecule has 1 aliphatic heterocycles. The Morgan fingerprint density at radius 1 is 1.02 bits per heavy atom. The molecule has 0 bridgehead atoms. The van der Waals surface area contributed by atoms with Gasteiger partial charge in [-0.25, -0.2) is 9.79 Å². The van der Waals surface area contributed by atoms with Crippen molar-refractivity contribution in [3.05, 3.63) is 119 Å². The van der Waals surface area contributed by atoms with Crippen LogP contribution in [0.25, 0.3) is 5.57 Å². The van der Waals surface area contributed by atoms with Gasteiger partial charge in [-0.05, 0) is 53.0 Å². The fourth-order valence-electron chi connectivity index (χ4n) is 5.32. The van der Waals surface area contributed by atoms with Gasteiger partial charge in [0.05, 0.1) is 7.11 Å². The fraction of sp³-hybridized carbons (Fsp3) is 0.226. The van der Waals surface area contributed by atoms with Crippen LogP contribution in [0.15, 0.2) is 96.0 Å². The summed E-state index contributed by atoms with van der Waals surface area (Å²) in [5.74, 6) is -1.39. The summed E-state index contributed by atoms with van der Waals surface area (Å²) in [6.45, 7) is 2.05. The van der Waals surface area contributed by atoms with Gasteiger partial charge in [0.25, 0.3) is 0 Å². The van der Waals surface area contributed by atoms with E-state index in [1.165, 1.54) is 11.1 Å². The van der Waals surface area contributed by atoms with Gasteiger partial charge in [-0.2, -0.15) is 13.2 Å². The normalized spacial score (nSPS) is 21.4. The molecule has 2 atom stereocenters. The number of benzene rings is 3. The maximum Gasteiger partial charge on any atom is 0.490 e. The van der Waals surface area contributed by atoms with E-state index in [4.69, 9.17) is 30.1 Å². The molecule has 2 aliphatic rings. The SMILES string of the molecule is COc1ccc(C2([C@]3(OC)C=CC=C(c4ccccc4)C3)N=C(N)c3ccccc32)cc1C.O=C(O)C(F)(F)F. The van der Waals surface area contributed by atoms with Crippen molar-refractivity contribution in [3.63, 3.8) is 0 Å². The van der Waals surface area contributed by atoms with Crippen LogP contribution in [0.4, 0.5) is 13.2 Å². The molecular formula is C31H29F3N2O4. The molecule has 6 nitrogen and oxygen atoms in total. The number of amidine groups is 1. The largest absolute Gasteiger partial charge is 0.496 e. The topological polar surface area (TPSA) is 94.1 Å². The number of hydrogen-bond acceptors (Lipinski definition) is 5. The summed E-state index contributed by atoms with van der Waals surface area (Å²) in [6.07, 6.45) is 1.95. The maximum atomic E-state index is 10.6. The highest BCUT2D eigenvalue weighted by Gasteiger charge is 2.57. The molecule has 40 heavy (non-hydrogen) atoms. The Kier molecular flexibility index (Phi) is 7.88. The van der Waals surface area contributed by atoms with E-state index in [1.54, 1.807) is 14.2 Å². The first-order chi connectivity index (χ1) is 19.0. The highest BCUT2D eigenvalue weighted by molar-refractivity contribution is 6.03. The number of hydrogen-bond donors (Lipinski definition) is 2. The lowest BCUT2D eigenvalue weighted by molar-refractivity contribution is -0.192. The molecule has 0 aromatic heterocycles. The molecule has 1 heterocycles. The van der Waals surface area contributed by atoms with Crippen LogP contribution in [0.5, 0.6) is 5.75 Å². The number of aliphatic carboxylic acids is 1. The van der Waals surface area contributed by atoms with Crippen molar-refractivity contribution >= 4 is 17.4 Å². The lowest BCUT2D eigenvalue weighted by atomic mass is 9.65. The van der Waals surface area contributed by atoms with Crippen LogP contribution in [-0.2, 0) is 15.1 Å². The Labute approximate surface area is 230 Å². The summed E-state index contributed by atoms with van der Waals surface area (Å²) in [4.78, 5) is 14.1. The molecule has 0 fully saturated rings. The number of ether oxygens (including phenoxy) is 2. The number of aryl methyl sites for hydroxylation is 1. The zero-order valence-electron chi connectivity index (χ0n) is 22.2. The average molecular weight is 551 g/mol. The van der Waals surface area contributed by atoms with Crippen molar-refractivity contribution in [1.82, 2.24) is 0 Å². The van der Waals surface area contributed by atoms with E-state index in [1.807, 2.05) is 30.3 Å². The van der Waals surface area contributed by atoms with Gasteiger partial charge in [-0.1, -0.05) is 72.8 Å². The Hall–Kier alpha value is -4.37. The number of halogens is 3. The number of methoxy groups -OCH3 is 2. The summed E-state index contributed by atoms with van der Waals surface area (Å²) < 4.78 is 43.7. The van der Waals surface area contributed by atoms with Crippen molar-refractivity contribution < 1.29 is 32.5 Å². The molecule has 0 saturated heterocycles. The number of nitrogens with two attached hydrogens (primary N) is 1. The van der Waals surface area contributed by atoms with Gasteiger partial charge in [-0.15, -0.1) is 0 Å². The van der Waals surface area contributed by atoms with E-state index >= 15 is 0 Å². The van der Waals surface area contributed by atoms with Gasteiger partial charge < -0.3 is 20.3 Å². The molecule has 9 heteroatoms. The Morgan fingerprint density at radius 3 is 2.27 bits per heavy atom. The average Bonchev–Trinajstić information content (AvgIpc) is 3.27. The zero-order valence-corrected chi connectivity index (χ0v) is 22.2. The van der Waals surface area contributed by atoms with Crippen molar-refractivity contribution in [2.75, 3.05) is 14.2 Å². The van der Waals surface area contributed by atoms with E-state index in [2.05, 4.69) is 67.6 Å². The number of alkyl halides is 3. The molecule has 1 unspecified atom stereocenters. The Bertz CT molecular complexity index is 1500. The van der Waals surface area contributed by atoms with Crippen molar-refractivity contribution in [2.24, 2.45) is 10.7 Å². The predicted octanol–water partition coefficient (Wildman–Crippen LogP) is 6.03. The molecule has 0 radical (unpaired) electrons. The first-order valence-corrected chi connectivity index (χ1v) is 12.4. The van der Waals surface area contributed by atoms with Gasteiger partial charge >= 0.3 is 12.1 Å². The Morgan fingerprint density at radius 2 is 1.68 bits per heavy atom. The molecule has 3 aromatic rings.